The van der Waals surface area contributed by atoms with Crippen molar-refractivity contribution in [3.63, 3.8) is 0 Å². The summed E-state index contributed by atoms with van der Waals surface area (Å²) in [5, 5.41) is 4.24. The molecule has 0 aliphatic carbocycles. The maximum Gasteiger partial charge on any atom is 0.137 e. The number of ether oxygens (including phenoxy) is 2. The quantitative estimate of drug-likeness (QED) is 0.862. The summed E-state index contributed by atoms with van der Waals surface area (Å²) in [4.78, 5) is 0. The van der Waals surface area contributed by atoms with Gasteiger partial charge in [-0.3, -0.25) is 0 Å². The molecular formula is C16H24ClNO2. The fraction of sp³-hybridized carbons (Fsp3) is 0.625. The molecule has 0 saturated carbocycles. The minimum atomic E-state index is 0.198. The predicted molar refractivity (Wildman–Crippen MR) is 82.6 cm³/mol. The van der Waals surface area contributed by atoms with Gasteiger partial charge in [0.05, 0.1) is 30.4 Å². The zero-order valence-electron chi connectivity index (χ0n) is 12.5. The third-order valence-electron chi connectivity index (χ3n) is 3.79. The van der Waals surface area contributed by atoms with Crippen molar-refractivity contribution < 1.29 is 9.47 Å². The van der Waals surface area contributed by atoms with Gasteiger partial charge in [-0.05, 0) is 50.4 Å². The molecule has 1 fully saturated rings. The lowest BCUT2D eigenvalue weighted by molar-refractivity contribution is 0.0316. The second-order valence-electron chi connectivity index (χ2n) is 5.39. The van der Waals surface area contributed by atoms with Crippen molar-refractivity contribution in [2.45, 2.75) is 51.4 Å². The Hall–Kier alpha value is -0.770. The zero-order chi connectivity index (χ0) is 14.5. The first-order valence-corrected chi connectivity index (χ1v) is 7.75. The number of benzene rings is 1. The molecule has 1 N–H and O–H groups in total. The molecule has 0 amide bonds. The molecule has 1 heterocycles. The van der Waals surface area contributed by atoms with Gasteiger partial charge in [-0.25, -0.2) is 0 Å². The molecule has 20 heavy (non-hydrogen) atoms. The van der Waals surface area contributed by atoms with Crippen LogP contribution in [0.4, 0.5) is 0 Å². The topological polar surface area (TPSA) is 30.5 Å². The Balaban J connectivity index is 2.19. The third kappa shape index (κ3) is 3.66. The molecular weight excluding hydrogens is 274 g/mol. The number of methoxy groups -OCH3 is 1. The van der Waals surface area contributed by atoms with Crippen molar-refractivity contribution in [1.82, 2.24) is 5.32 Å². The van der Waals surface area contributed by atoms with Gasteiger partial charge in [-0.15, -0.1) is 0 Å². The highest BCUT2D eigenvalue weighted by molar-refractivity contribution is 6.32. The van der Waals surface area contributed by atoms with Crippen LogP contribution in [-0.4, -0.2) is 25.9 Å². The normalized spacial score (nSPS) is 23.8. The van der Waals surface area contributed by atoms with Crippen molar-refractivity contribution in [3.8, 4) is 5.75 Å². The summed E-state index contributed by atoms with van der Waals surface area (Å²) in [5.41, 5.74) is 1.17. The van der Waals surface area contributed by atoms with Crippen LogP contribution in [0, 0.1) is 0 Å². The van der Waals surface area contributed by atoms with Crippen LogP contribution in [0.2, 0.25) is 5.02 Å². The van der Waals surface area contributed by atoms with Crippen LogP contribution in [0.5, 0.6) is 5.75 Å². The van der Waals surface area contributed by atoms with Crippen LogP contribution < -0.4 is 10.1 Å². The van der Waals surface area contributed by atoms with E-state index in [9.17, 15) is 0 Å². The summed E-state index contributed by atoms with van der Waals surface area (Å²) in [6.07, 6.45) is 3.88. The van der Waals surface area contributed by atoms with Crippen LogP contribution in [0.15, 0.2) is 18.2 Å². The van der Waals surface area contributed by atoms with E-state index in [1.165, 1.54) is 5.56 Å². The van der Waals surface area contributed by atoms with E-state index in [-0.39, 0.29) is 12.1 Å². The smallest absolute Gasteiger partial charge is 0.137 e. The van der Waals surface area contributed by atoms with Crippen LogP contribution in [-0.2, 0) is 4.74 Å². The maximum absolute atomic E-state index is 6.25. The van der Waals surface area contributed by atoms with E-state index in [2.05, 4.69) is 25.2 Å². The molecule has 1 aromatic carbocycles. The fourth-order valence-electron chi connectivity index (χ4n) is 2.72. The van der Waals surface area contributed by atoms with Crippen LogP contribution in [0.25, 0.3) is 0 Å². The van der Waals surface area contributed by atoms with Gasteiger partial charge < -0.3 is 14.8 Å². The van der Waals surface area contributed by atoms with Gasteiger partial charge in [-0.1, -0.05) is 24.6 Å². The molecule has 1 saturated heterocycles. The number of hydrogen-bond donors (Lipinski definition) is 1. The largest absolute Gasteiger partial charge is 0.495 e. The van der Waals surface area contributed by atoms with Crippen LogP contribution >= 0.6 is 11.6 Å². The Labute approximate surface area is 126 Å². The summed E-state index contributed by atoms with van der Waals surface area (Å²) in [7, 11) is 1.63. The lowest BCUT2D eigenvalue weighted by Gasteiger charge is -2.25. The van der Waals surface area contributed by atoms with E-state index in [1.807, 2.05) is 12.1 Å². The average molecular weight is 298 g/mol. The molecule has 2 rings (SSSR count). The van der Waals surface area contributed by atoms with Crippen LogP contribution in [0.3, 0.4) is 0 Å². The number of nitrogens with one attached hydrogen (secondary N) is 1. The van der Waals surface area contributed by atoms with Crippen molar-refractivity contribution in [1.29, 1.82) is 0 Å². The van der Waals surface area contributed by atoms with E-state index in [0.717, 1.165) is 25.8 Å². The molecule has 4 heteroatoms. The highest BCUT2D eigenvalue weighted by Crippen LogP contribution is 2.33. The summed E-state index contributed by atoms with van der Waals surface area (Å²) in [6.45, 7) is 5.28. The second kappa shape index (κ2) is 7.30. The molecule has 1 aromatic rings. The Kier molecular flexibility index (Phi) is 5.70. The van der Waals surface area contributed by atoms with Gasteiger partial charge >= 0.3 is 0 Å². The molecule has 1 aliphatic rings. The zero-order valence-corrected chi connectivity index (χ0v) is 13.2. The SMILES string of the molecule is CCCNC(c1ccc(OC)c(Cl)c1)C1CCC(C)O1. The Morgan fingerprint density at radius 1 is 1.45 bits per heavy atom. The van der Waals surface area contributed by atoms with Gasteiger partial charge in [0.15, 0.2) is 0 Å². The van der Waals surface area contributed by atoms with E-state index < -0.39 is 0 Å². The number of halogens is 1. The molecule has 0 aromatic heterocycles. The summed E-state index contributed by atoms with van der Waals surface area (Å²) < 4.78 is 11.3. The minimum absolute atomic E-state index is 0.198. The van der Waals surface area contributed by atoms with Crippen molar-refractivity contribution in [2.75, 3.05) is 13.7 Å². The maximum atomic E-state index is 6.25. The lowest BCUT2D eigenvalue weighted by Crippen LogP contribution is -2.32. The average Bonchev–Trinajstić information content (AvgIpc) is 2.86. The van der Waals surface area contributed by atoms with E-state index in [0.29, 0.717) is 16.9 Å². The Morgan fingerprint density at radius 3 is 2.80 bits per heavy atom. The van der Waals surface area contributed by atoms with Gasteiger partial charge in [0.25, 0.3) is 0 Å². The lowest BCUT2D eigenvalue weighted by atomic mass is 9.98. The first-order chi connectivity index (χ1) is 9.65. The highest BCUT2D eigenvalue weighted by Gasteiger charge is 2.30. The molecule has 3 nitrogen and oxygen atoms in total. The van der Waals surface area contributed by atoms with Gasteiger partial charge in [0.1, 0.15) is 5.75 Å². The standard InChI is InChI=1S/C16H24ClNO2/c1-4-9-18-16(15-7-5-11(2)20-15)12-6-8-14(19-3)13(17)10-12/h6,8,10-11,15-16,18H,4-5,7,9H2,1-3H3. The second-order valence-corrected chi connectivity index (χ2v) is 5.80. The Morgan fingerprint density at radius 2 is 2.25 bits per heavy atom. The van der Waals surface area contributed by atoms with E-state index in [4.69, 9.17) is 21.1 Å². The first kappa shape index (κ1) is 15.6. The molecule has 0 bridgehead atoms. The van der Waals surface area contributed by atoms with Crippen LogP contribution in [0.1, 0.15) is 44.7 Å². The van der Waals surface area contributed by atoms with E-state index in [1.54, 1.807) is 7.11 Å². The third-order valence-corrected chi connectivity index (χ3v) is 4.08. The molecule has 3 unspecified atom stereocenters. The molecule has 1 aliphatic heterocycles. The summed E-state index contributed by atoms with van der Waals surface area (Å²) >= 11 is 6.25. The van der Waals surface area contributed by atoms with Gasteiger partial charge in [-0.2, -0.15) is 0 Å². The highest BCUT2D eigenvalue weighted by atomic mass is 35.5. The first-order valence-electron chi connectivity index (χ1n) is 7.38. The number of rotatable bonds is 6. The minimum Gasteiger partial charge on any atom is -0.495 e. The van der Waals surface area contributed by atoms with Gasteiger partial charge in [0.2, 0.25) is 0 Å². The fourth-order valence-corrected chi connectivity index (χ4v) is 2.98. The predicted octanol–water partition coefficient (Wildman–Crippen LogP) is 3.96. The van der Waals surface area contributed by atoms with Gasteiger partial charge in [0, 0.05) is 0 Å². The molecule has 0 spiro atoms. The molecule has 112 valence electrons. The number of hydrogen-bond acceptors (Lipinski definition) is 3. The van der Waals surface area contributed by atoms with E-state index >= 15 is 0 Å². The van der Waals surface area contributed by atoms with Crippen molar-refractivity contribution in [2.24, 2.45) is 0 Å². The van der Waals surface area contributed by atoms with Crippen molar-refractivity contribution in [3.05, 3.63) is 28.8 Å². The summed E-state index contributed by atoms with van der Waals surface area (Å²) in [5.74, 6) is 0.713. The molecule has 0 radical (unpaired) electrons. The summed E-state index contributed by atoms with van der Waals surface area (Å²) in [6, 6.07) is 6.18. The monoisotopic (exact) mass is 297 g/mol. The molecule has 3 atom stereocenters. The Bertz CT molecular complexity index is 438. The van der Waals surface area contributed by atoms with Crippen molar-refractivity contribution >= 4 is 11.6 Å².